The molecule has 1 amide bonds. The van der Waals surface area contributed by atoms with Crippen LogP contribution in [0.3, 0.4) is 0 Å². The lowest BCUT2D eigenvalue weighted by molar-refractivity contribution is -0.118. The maximum atomic E-state index is 13.2. The molecule has 160 valence electrons. The average Bonchev–Trinajstić information content (AvgIpc) is 2.91. The fourth-order valence-corrected chi connectivity index (χ4v) is 6.03. The number of benzene rings is 2. The van der Waals surface area contributed by atoms with Crippen molar-refractivity contribution in [1.82, 2.24) is 4.31 Å². The summed E-state index contributed by atoms with van der Waals surface area (Å²) >= 11 is 1.57. The van der Waals surface area contributed by atoms with Gasteiger partial charge in [-0.2, -0.15) is 4.31 Å². The van der Waals surface area contributed by atoms with Crippen molar-refractivity contribution in [3.63, 3.8) is 0 Å². The van der Waals surface area contributed by atoms with Crippen LogP contribution in [-0.4, -0.2) is 57.7 Å². The van der Waals surface area contributed by atoms with Gasteiger partial charge in [0.05, 0.1) is 17.7 Å². The summed E-state index contributed by atoms with van der Waals surface area (Å²) in [6.45, 7) is 3.91. The third-order valence-electron chi connectivity index (χ3n) is 5.46. The Hall–Kier alpha value is -2.23. The molecule has 0 saturated carbocycles. The fraction of sp³-hybridized carbons (Fsp3) is 0.381. The molecule has 1 saturated heterocycles. The molecule has 9 heteroatoms. The topological polar surface area (TPSA) is 79.0 Å². The number of piperazine rings is 1. The van der Waals surface area contributed by atoms with Crippen molar-refractivity contribution in [2.24, 2.45) is 5.92 Å². The maximum absolute atomic E-state index is 13.2. The van der Waals surface area contributed by atoms with Crippen LogP contribution in [0.15, 0.2) is 52.3 Å². The summed E-state index contributed by atoms with van der Waals surface area (Å²) in [6, 6.07) is 12.8. The number of ether oxygens (including phenoxy) is 1. The first-order chi connectivity index (χ1) is 14.4. The highest BCUT2D eigenvalue weighted by Crippen LogP contribution is 2.35. The number of anilines is 2. The zero-order valence-corrected chi connectivity index (χ0v) is 18.6. The van der Waals surface area contributed by atoms with E-state index < -0.39 is 10.0 Å². The second kappa shape index (κ2) is 8.49. The Bertz CT molecular complexity index is 1030. The van der Waals surface area contributed by atoms with Crippen LogP contribution in [-0.2, 0) is 14.8 Å². The van der Waals surface area contributed by atoms with E-state index in [1.807, 2.05) is 31.2 Å². The zero-order valence-electron chi connectivity index (χ0n) is 17.0. The standard InChI is InChI=1S/C21H25N3O4S2/c1-15-14-29-20-8-7-18(13-19(20)22-21(15)25)30(26,27)24-11-9-23(10-12-24)16-3-5-17(28-2)6-4-16/h3-8,13,15H,9-12,14H2,1-2H3,(H,22,25)/t15-/m0/s1. The third kappa shape index (κ3) is 4.14. The molecule has 1 N–H and O–H groups in total. The Kier molecular flexibility index (Phi) is 5.95. The molecule has 2 aliphatic rings. The molecule has 1 fully saturated rings. The number of sulfonamides is 1. The molecule has 0 unspecified atom stereocenters. The first-order valence-corrected chi connectivity index (χ1v) is 12.3. The van der Waals surface area contributed by atoms with Crippen LogP contribution in [0.25, 0.3) is 0 Å². The lowest BCUT2D eigenvalue weighted by Crippen LogP contribution is -2.48. The Labute approximate surface area is 181 Å². The number of rotatable bonds is 4. The van der Waals surface area contributed by atoms with Crippen molar-refractivity contribution in [2.45, 2.75) is 16.7 Å². The van der Waals surface area contributed by atoms with Gasteiger partial charge in [0.1, 0.15) is 5.75 Å². The van der Waals surface area contributed by atoms with Crippen molar-refractivity contribution in [3.8, 4) is 5.75 Å². The highest BCUT2D eigenvalue weighted by molar-refractivity contribution is 7.99. The van der Waals surface area contributed by atoms with Crippen LogP contribution in [0.5, 0.6) is 5.75 Å². The third-order valence-corrected chi connectivity index (χ3v) is 8.69. The smallest absolute Gasteiger partial charge is 0.243 e. The van der Waals surface area contributed by atoms with Crippen LogP contribution in [0.1, 0.15) is 6.92 Å². The number of hydrogen-bond acceptors (Lipinski definition) is 6. The van der Waals surface area contributed by atoms with E-state index in [2.05, 4.69) is 10.2 Å². The minimum absolute atomic E-state index is 0.0797. The van der Waals surface area contributed by atoms with E-state index in [9.17, 15) is 13.2 Å². The summed E-state index contributed by atoms with van der Waals surface area (Å²) < 4.78 is 33.1. The number of carbonyl (C=O) groups excluding carboxylic acids is 1. The number of amides is 1. The van der Waals surface area contributed by atoms with Crippen molar-refractivity contribution >= 4 is 39.1 Å². The van der Waals surface area contributed by atoms with E-state index >= 15 is 0 Å². The minimum Gasteiger partial charge on any atom is -0.497 e. The molecule has 4 rings (SSSR count). The summed E-state index contributed by atoms with van der Waals surface area (Å²) in [5.41, 5.74) is 1.62. The Morgan fingerprint density at radius 1 is 1.07 bits per heavy atom. The van der Waals surface area contributed by atoms with Crippen LogP contribution < -0.4 is 15.0 Å². The van der Waals surface area contributed by atoms with Gasteiger partial charge in [-0.3, -0.25) is 4.79 Å². The van der Waals surface area contributed by atoms with Crippen LogP contribution >= 0.6 is 11.8 Å². The minimum atomic E-state index is -3.63. The molecule has 7 nitrogen and oxygen atoms in total. The van der Waals surface area contributed by atoms with E-state index in [0.717, 1.165) is 16.3 Å². The lowest BCUT2D eigenvalue weighted by atomic mass is 10.2. The number of nitrogens with one attached hydrogen (secondary N) is 1. The second-order valence-corrected chi connectivity index (χ2v) is 10.4. The number of methoxy groups -OCH3 is 1. The number of hydrogen-bond donors (Lipinski definition) is 1. The average molecular weight is 448 g/mol. The SMILES string of the molecule is COc1ccc(N2CCN(S(=O)(=O)c3ccc4c(c3)NC(=O)[C@@H](C)CS4)CC2)cc1. The molecule has 0 aliphatic carbocycles. The summed E-state index contributed by atoms with van der Waals surface area (Å²) in [7, 11) is -2.00. The van der Waals surface area contributed by atoms with E-state index in [1.165, 1.54) is 4.31 Å². The number of thioether (sulfide) groups is 1. The van der Waals surface area contributed by atoms with Crippen LogP contribution in [0.4, 0.5) is 11.4 Å². The van der Waals surface area contributed by atoms with Gasteiger partial charge in [0, 0.05) is 48.4 Å². The summed E-state index contributed by atoms with van der Waals surface area (Å²) in [5.74, 6) is 1.28. The second-order valence-electron chi connectivity index (χ2n) is 7.45. The van der Waals surface area contributed by atoms with Crippen molar-refractivity contribution in [2.75, 3.05) is 49.3 Å². The van der Waals surface area contributed by atoms with Crippen molar-refractivity contribution in [3.05, 3.63) is 42.5 Å². The first kappa shape index (κ1) is 21.0. The van der Waals surface area contributed by atoms with E-state index in [-0.39, 0.29) is 16.7 Å². The Morgan fingerprint density at radius 3 is 2.43 bits per heavy atom. The fourth-order valence-electron chi connectivity index (χ4n) is 3.57. The largest absolute Gasteiger partial charge is 0.497 e. The first-order valence-electron chi connectivity index (χ1n) is 9.85. The van der Waals surface area contributed by atoms with Crippen molar-refractivity contribution in [1.29, 1.82) is 0 Å². The van der Waals surface area contributed by atoms with Gasteiger partial charge in [-0.15, -0.1) is 11.8 Å². The molecule has 2 aromatic carbocycles. The Balaban J connectivity index is 1.48. The normalized spacial score (nSPS) is 20.3. The van der Waals surface area contributed by atoms with Gasteiger partial charge in [-0.05, 0) is 42.5 Å². The van der Waals surface area contributed by atoms with Gasteiger partial charge < -0.3 is 15.0 Å². The number of nitrogens with zero attached hydrogens (tertiary/aromatic N) is 2. The van der Waals surface area contributed by atoms with Gasteiger partial charge in [0.25, 0.3) is 0 Å². The Morgan fingerprint density at radius 2 is 1.77 bits per heavy atom. The van der Waals surface area contributed by atoms with Gasteiger partial charge in [0.2, 0.25) is 15.9 Å². The highest BCUT2D eigenvalue weighted by atomic mass is 32.2. The molecule has 0 bridgehead atoms. The number of fused-ring (bicyclic) bond motifs is 1. The summed E-state index contributed by atoms with van der Waals surface area (Å²) in [5, 5.41) is 2.86. The molecule has 2 aliphatic heterocycles. The summed E-state index contributed by atoms with van der Waals surface area (Å²) in [6.07, 6.45) is 0. The van der Waals surface area contributed by atoms with Crippen LogP contribution in [0, 0.1) is 5.92 Å². The van der Waals surface area contributed by atoms with Crippen molar-refractivity contribution < 1.29 is 17.9 Å². The molecule has 0 aromatic heterocycles. The molecular weight excluding hydrogens is 422 g/mol. The molecule has 2 heterocycles. The zero-order chi connectivity index (χ0) is 21.3. The molecule has 0 radical (unpaired) electrons. The van der Waals surface area contributed by atoms with Crippen LogP contribution in [0.2, 0.25) is 0 Å². The molecule has 0 spiro atoms. The van der Waals surface area contributed by atoms with E-state index in [1.54, 1.807) is 37.1 Å². The summed E-state index contributed by atoms with van der Waals surface area (Å²) in [4.78, 5) is 15.4. The molecule has 1 atom stereocenters. The predicted octanol–water partition coefficient (Wildman–Crippen LogP) is 2.89. The monoisotopic (exact) mass is 447 g/mol. The maximum Gasteiger partial charge on any atom is 0.243 e. The highest BCUT2D eigenvalue weighted by Gasteiger charge is 2.30. The lowest BCUT2D eigenvalue weighted by Gasteiger charge is -2.35. The van der Waals surface area contributed by atoms with E-state index in [4.69, 9.17) is 4.74 Å². The van der Waals surface area contributed by atoms with Gasteiger partial charge in [0.15, 0.2) is 0 Å². The number of carbonyl (C=O) groups is 1. The quantitative estimate of drug-likeness (QED) is 0.777. The predicted molar refractivity (Wildman–Crippen MR) is 119 cm³/mol. The molecule has 30 heavy (non-hydrogen) atoms. The molecule has 2 aromatic rings. The van der Waals surface area contributed by atoms with Gasteiger partial charge in [-0.25, -0.2) is 8.42 Å². The van der Waals surface area contributed by atoms with Gasteiger partial charge in [-0.1, -0.05) is 6.92 Å². The van der Waals surface area contributed by atoms with E-state index in [0.29, 0.717) is 37.6 Å². The van der Waals surface area contributed by atoms with Gasteiger partial charge >= 0.3 is 0 Å². The molecular formula is C21H25N3O4S2.